The van der Waals surface area contributed by atoms with E-state index < -0.39 is 28.6 Å². The fraction of sp³-hybridized carbons (Fsp3) is 0.529. The van der Waals surface area contributed by atoms with Crippen LogP contribution in [-0.4, -0.2) is 29.8 Å². The highest BCUT2D eigenvalue weighted by Crippen LogP contribution is 2.48. The number of benzene rings is 1. The van der Waals surface area contributed by atoms with Crippen molar-refractivity contribution in [3.63, 3.8) is 0 Å². The average molecular weight is 324 g/mol. The van der Waals surface area contributed by atoms with Crippen molar-refractivity contribution in [3.05, 3.63) is 29.8 Å². The fourth-order valence-corrected chi connectivity index (χ4v) is 2.67. The molecule has 0 heterocycles. The average Bonchev–Trinajstić information content (AvgIpc) is 3.32. The lowest BCUT2D eigenvalue weighted by molar-refractivity contribution is -0.142. The molecule has 1 N–H and O–H groups in total. The molecule has 1 fully saturated rings. The molecule has 1 aliphatic rings. The van der Waals surface area contributed by atoms with Crippen molar-refractivity contribution in [1.82, 2.24) is 4.90 Å². The van der Waals surface area contributed by atoms with Crippen molar-refractivity contribution >= 4 is 17.5 Å². The number of nitrogens with one attached hydrogen (secondary N) is 1. The highest BCUT2D eigenvalue weighted by Gasteiger charge is 2.58. The van der Waals surface area contributed by atoms with Crippen molar-refractivity contribution in [2.45, 2.75) is 39.5 Å². The summed E-state index contributed by atoms with van der Waals surface area (Å²) in [5, 5.41) is 2.26. The maximum absolute atomic E-state index is 13.7. The second kappa shape index (κ2) is 7.06. The third-order valence-electron chi connectivity index (χ3n) is 4.07. The highest BCUT2D eigenvalue weighted by atomic mass is 19.1. The van der Waals surface area contributed by atoms with Crippen LogP contribution in [-0.2, 0) is 9.59 Å². The van der Waals surface area contributed by atoms with Gasteiger partial charge in [0.05, 0.1) is 0 Å². The van der Waals surface area contributed by atoms with Crippen molar-refractivity contribution < 1.29 is 18.4 Å². The summed E-state index contributed by atoms with van der Waals surface area (Å²) in [4.78, 5) is 26.8. The predicted octanol–water partition coefficient (Wildman–Crippen LogP) is 3.33. The lowest BCUT2D eigenvalue weighted by Crippen LogP contribution is -2.43. The number of anilines is 1. The minimum Gasteiger partial charge on any atom is -0.342 e. The first kappa shape index (κ1) is 17.4. The van der Waals surface area contributed by atoms with Crippen LogP contribution in [0, 0.1) is 17.0 Å². The predicted molar refractivity (Wildman–Crippen MR) is 83.8 cm³/mol. The lowest BCUT2D eigenvalue weighted by Gasteiger charge is -2.26. The van der Waals surface area contributed by atoms with Gasteiger partial charge in [0.1, 0.15) is 22.7 Å². The van der Waals surface area contributed by atoms with Gasteiger partial charge in [-0.3, -0.25) is 9.59 Å². The zero-order valence-electron chi connectivity index (χ0n) is 13.5. The summed E-state index contributed by atoms with van der Waals surface area (Å²) in [6, 6.07) is 3.36. The molecule has 0 aromatic heterocycles. The number of hydrogen-bond donors (Lipinski definition) is 1. The zero-order valence-corrected chi connectivity index (χ0v) is 13.5. The van der Waals surface area contributed by atoms with Crippen LogP contribution in [0.5, 0.6) is 0 Å². The summed E-state index contributed by atoms with van der Waals surface area (Å²) in [7, 11) is 0. The van der Waals surface area contributed by atoms with Gasteiger partial charge in [-0.25, -0.2) is 8.78 Å². The molecule has 2 amide bonds. The van der Waals surface area contributed by atoms with Crippen LogP contribution < -0.4 is 5.32 Å². The van der Waals surface area contributed by atoms with Crippen LogP contribution in [0.1, 0.15) is 39.5 Å². The van der Waals surface area contributed by atoms with Crippen LogP contribution in [0.15, 0.2) is 18.2 Å². The van der Waals surface area contributed by atoms with E-state index in [4.69, 9.17) is 0 Å². The van der Waals surface area contributed by atoms with Gasteiger partial charge < -0.3 is 10.2 Å². The number of carbonyl (C=O) groups excluding carboxylic acids is 2. The Kier molecular flexibility index (Phi) is 5.34. The Hall–Kier alpha value is -1.98. The minimum atomic E-state index is -1.17. The molecule has 0 radical (unpaired) electrons. The molecule has 126 valence electrons. The topological polar surface area (TPSA) is 49.4 Å². The van der Waals surface area contributed by atoms with Gasteiger partial charge in [0.2, 0.25) is 11.8 Å². The van der Waals surface area contributed by atoms with Crippen LogP contribution in [0.2, 0.25) is 0 Å². The molecular weight excluding hydrogens is 302 g/mol. The van der Waals surface area contributed by atoms with Crippen LogP contribution in [0.3, 0.4) is 0 Å². The van der Waals surface area contributed by atoms with Gasteiger partial charge in [-0.15, -0.1) is 0 Å². The lowest BCUT2D eigenvalue weighted by atomic mass is 10.0. The molecule has 1 aromatic carbocycles. The number of nitrogens with zero attached hydrogens (tertiary/aromatic N) is 1. The van der Waals surface area contributed by atoms with E-state index in [-0.39, 0.29) is 5.91 Å². The summed E-state index contributed by atoms with van der Waals surface area (Å²) in [5.41, 5.74) is -1.66. The van der Waals surface area contributed by atoms with Gasteiger partial charge >= 0.3 is 0 Å². The van der Waals surface area contributed by atoms with Crippen molar-refractivity contribution in [2.75, 3.05) is 18.4 Å². The van der Waals surface area contributed by atoms with E-state index in [2.05, 4.69) is 5.32 Å². The van der Waals surface area contributed by atoms with Gasteiger partial charge in [0.25, 0.3) is 0 Å². The second-order valence-corrected chi connectivity index (χ2v) is 5.93. The molecule has 2 rings (SSSR count). The summed E-state index contributed by atoms with van der Waals surface area (Å²) >= 11 is 0. The normalized spacial score (nSPS) is 15.1. The number of halogens is 2. The number of hydrogen-bond acceptors (Lipinski definition) is 2. The van der Waals surface area contributed by atoms with Gasteiger partial charge in [0.15, 0.2) is 0 Å². The molecule has 1 aliphatic carbocycles. The first-order valence-corrected chi connectivity index (χ1v) is 8.01. The van der Waals surface area contributed by atoms with Gasteiger partial charge in [-0.2, -0.15) is 0 Å². The van der Waals surface area contributed by atoms with Crippen LogP contribution >= 0.6 is 0 Å². The molecule has 0 aliphatic heterocycles. The van der Waals surface area contributed by atoms with Gasteiger partial charge in [-0.1, -0.05) is 19.9 Å². The standard InChI is InChI=1S/C17H22F2N2O2/c1-3-10-21(11-4-2)16(23)17(8-9-17)15(22)20-14-12(18)6-5-7-13(14)19/h5-7H,3-4,8-11H2,1-2H3,(H,20,22). The Morgan fingerprint density at radius 3 is 2.09 bits per heavy atom. The molecule has 1 aromatic rings. The minimum absolute atomic E-state index is 0.240. The molecule has 4 nitrogen and oxygen atoms in total. The monoisotopic (exact) mass is 324 g/mol. The van der Waals surface area contributed by atoms with E-state index in [1.165, 1.54) is 6.07 Å². The number of carbonyl (C=O) groups is 2. The Labute approximate surface area is 134 Å². The van der Waals surface area contributed by atoms with Gasteiger partial charge in [0, 0.05) is 13.1 Å². The van der Waals surface area contributed by atoms with Gasteiger partial charge in [-0.05, 0) is 37.8 Å². The third kappa shape index (κ3) is 3.51. The third-order valence-corrected chi connectivity index (χ3v) is 4.07. The Morgan fingerprint density at radius 1 is 1.13 bits per heavy atom. The maximum atomic E-state index is 13.7. The van der Waals surface area contributed by atoms with E-state index in [1.54, 1.807) is 4.90 Å². The number of amides is 2. The molecule has 0 bridgehead atoms. The number of rotatable bonds is 7. The maximum Gasteiger partial charge on any atom is 0.240 e. The largest absolute Gasteiger partial charge is 0.342 e. The Bertz CT molecular complexity index is 574. The fourth-order valence-electron chi connectivity index (χ4n) is 2.67. The SMILES string of the molecule is CCCN(CCC)C(=O)C1(C(=O)Nc2c(F)cccc2F)CC1. The van der Waals surface area contributed by atoms with Crippen LogP contribution in [0.25, 0.3) is 0 Å². The van der Waals surface area contributed by atoms with Crippen molar-refractivity contribution in [3.8, 4) is 0 Å². The summed E-state index contributed by atoms with van der Waals surface area (Å²) in [5.74, 6) is -2.56. The Balaban J connectivity index is 2.16. The second-order valence-electron chi connectivity index (χ2n) is 5.93. The number of para-hydroxylation sites is 1. The van der Waals surface area contributed by atoms with E-state index in [0.717, 1.165) is 25.0 Å². The molecule has 1 saturated carbocycles. The summed E-state index contributed by atoms with van der Waals surface area (Å²) in [6.07, 6.45) is 2.42. The van der Waals surface area contributed by atoms with Crippen molar-refractivity contribution in [2.24, 2.45) is 5.41 Å². The molecule has 0 saturated heterocycles. The van der Waals surface area contributed by atoms with E-state index in [0.29, 0.717) is 25.9 Å². The smallest absolute Gasteiger partial charge is 0.240 e. The van der Waals surface area contributed by atoms with Crippen LogP contribution in [0.4, 0.5) is 14.5 Å². The highest BCUT2D eigenvalue weighted by molar-refractivity contribution is 6.13. The molecule has 0 atom stereocenters. The molecular formula is C17H22F2N2O2. The van der Waals surface area contributed by atoms with E-state index in [1.807, 2.05) is 13.8 Å². The first-order chi connectivity index (χ1) is 11.0. The van der Waals surface area contributed by atoms with Crippen molar-refractivity contribution in [1.29, 1.82) is 0 Å². The molecule has 0 spiro atoms. The van der Waals surface area contributed by atoms with E-state index >= 15 is 0 Å². The first-order valence-electron chi connectivity index (χ1n) is 8.01. The zero-order chi connectivity index (χ0) is 17.0. The quantitative estimate of drug-likeness (QED) is 0.782. The summed E-state index contributed by atoms with van der Waals surface area (Å²) < 4.78 is 27.3. The molecule has 6 heteroatoms. The molecule has 23 heavy (non-hydrogen) atoms. The summed E-state index contributed by atoms with van der Waals surface area (Å²) in [6.45, 7) is 5.08. The van der Waals surface area contributed by atoms with E-state index in [9.17, 15) is 18.4 Å². The molecule has 0 unspecified atom stereocenters. The Morgan fingerprint density at radius 2 is 1.65 bits per heavy atom.